The van der Waals surface area contributed by atoms with Crippen LogP contribution in [0.3, 0.4) is 0 Å². The van der Waals surface area contributed by atoms with E-state index in [1.807, 2.05) is 60.7 Å². The van der Waals surface area contributed by atoms with Crippen molar-refractivity contribution in [3.8, 4) is 17.0 Å². The summed E-state index contributed by atoms with van der Waals surface area (Å²) < 4.78 is 5.42. The third-order valence-corrected chi connectivity index (χ3v) is 4.18. The van der Waals surface area contributed by atoms with E-state index in [-0.39, 0.29) is 0 Å². The number of methoxy groups -OCH3 is 1. The summed E-state index contributed by atoms with van der Waals surface area (Å²) in [6, 6.07) is 19.9. The monoisotopic (exact) mass is 362 g/mol. The molecule has 5 nitrogen and oxygen atoms in total. The SMILES string of the molecule is COc1ccccc1Nc1nc(NCCC(C)C)cc(-c2ccccc2)n1. The number of benzene rings is 2. The van der Waals surface area contributed by atoms with E-state index < -0.39 is 0 Å². The molecule has 0 aliphatic rings. The largest absolute Gasteiger partial charge is 0.495 e. The van der Waals surface area contributed by atoms with Crippen LogP contribution >= 0.6 is 0 Å². The molecule has 0 spiro atoms. The average molecular weight is 362 g/mol. The minimum absolute atomic E-state index is 0.535. The van der Waals surface area contributed by atoms with Gasteiger partial charge in [-0.3, -0.25) is 0 Å². The van der Waals surface area contributed by atoms with Crippen LogP contribution in [-0.4, -0.2) is 23.6 Å². The van der Waals surface area contributed by atoms with Gasteiger partial charge in [0.05, 0.1) is 18.5 Å². The standard InChI is InChI=1S/C22H26N4O/c1-16(2)13-14-23-21-15-19(17-9-5-4-6-10-17)25-22(26-21)24-18-11-7-8-12-20(18)27-3/h4-12,15-16H,13-14H2,1-3H3,(H2,23,24,25,26). The van der Waals surface area contributed by atoms with Crippen LogP contribution in [0.25, 0.3) is 11.3 Å². The lowest BCUT2D eigenvalue weighted by atomic mass is 10.1. The van der Waals surface area contributed by atoms with Gasteiger partial charge in [0.25, 0.3) is 0 Å². The Morgan fingerprint density at radius 3 is 2.44 bits per heavy atom. The first-order valence-corrected chi connectivity index (χ1v) is 9.24. The predicted molar refractivity (Wildman–Crippen MR) is 112 cm³/mol. The number of nitrogens with one attached hydrogen (secondary N) is 2. The maximum absolute atomic E-state index is 5.42. The van der Waals surface area contributed by atoms with Gasteiger partial charge in [-0.15, -0.1) is 0 Å². The fraction of sp³-hybridized carbons (Fsp3) is 0.273. The lowest BCUT2D eigenvalue weighted by molar-refractivity contribution is 0.417. The molecular formula is C22H26N4O. The van der Waals surface area contributed by atoms with Crippen molar-refractivity contribution in [3.63, 3.8) is 0 Å². The van der Waals surface area contributed by atoms with Gasteiger partial charge in [0.1, 0.15) is 11.6 Å². The number of nitrogens with zero attached hydrogens (tertiary/aromatic N) is 2. The number of para-hydroxylation sites is 2. The predicted octanol–water partition coefficient (Wildman–Crippen LogP) is 5.35. The second-order valence-corrected chi connectivity index (χ2v) is 6.76. The van der Waals surface area contributed by atoms with Crippen molar-refractivity contribution < 1.29 is 4.74 Å². The highest BCUT2D eigenvalue weighted by Gasteiger charge is 2.09. The lowest BCUT2D eigenvalue weighted by Gasteiger charge is -2.13. The molecule has 1 aromatic heterocycles. The molecule has 1 heterocycles. The highest BCUT2D eigenvalue weighted by Crippen LogP contribution is 2.28. The molecule has 2 N–H and O–H groups in total. The molecule has 0 atom stereocenters. The Hall–Kier alpha value is -3.08. The molecule has 0 aliphatic carbocycles. The highest BCUT2D eigenvalue weighted by atomic mass is 16.5. The summed E-state index contributed by atoms with van der Waals surface area (Å²) >= 11 is 0. The molecule has 0 saturated heterocycles. The number of hydrogen-bond donors (Lipinski definition) is 2. The molecule has 2 aromatic carbocycles. The topological polar surface area (TPSA) is 59.1 Å². The average Bonchev–Trinajstić information content (AvgIpc) is 2.69. The van der Waals surface area contributed by atoms with Gasteiger partial charge in [0.15, 0.2) is 0 Å². The second-order valence-electron chi connectivity index (χ2n) is 6.76. The molecule has 27 heavy (non-hydrogen) atoms. The lowest BCUT2D eigenvalue weighted by Crippen LogP contribution is -2.08. The summed E-state index contributed by atoms with van der Waals surface area (Å²) in [6.45, 7) is 5.30. The van der Waals surface area contributed by atoms with Crippen LogP contribution < -0.4 is 15.4 Å². The van der Waals surface area contributed by atoms with Crippen molar-refractivity contribution in [1.29, 1.82) is 0 Å². The third-order valence-electron chi connectivity index (χ3n) is 4.18. The van der Waals surface area contributed by atoms with Gasteiger partial charge < -0.3 is 15.4 Å². The molecule has 0 radical (unpaired) electrons. The molecule has 0 unspecified atom stereocenters. The van der Waals surface area contributed by atoms with E-state index in [2.05, 4.69) is 29.5 Å². The Labute approximate surface area is 160 Å². The quantitative estimate of drug-likeness (QED) is 0.565. The van der Waals surface area contributed by atoms with Crippen LogP contribution in [0.5, 0.6) is 5.75 Å². The van der Waals surface area contributed by atoms with Crippen molar-refractivity contribution in [2.45, 2.75) is 20.3 Å². The van der Waals surface area contributed by atoms with Gasteiger partial charge in [-0.1, -0.05) is 56.3 Å². The Morgan fingerprint density at radius 1 is 0.963 bits per heavy atom. The first kappa shape index (κ1) is 18.7. The Morgan fingerprint density at radius 2 is 1.70 bits per heavy atom. The third kappa shape index (κ3) is 5.20. The fourth-order valence-electron chi connectivity index (χ4n) is 2.71. The number of aromatic nitrogens is 2. The molecule has 5 heteroatoms. The first-order valence-electron chi connectivity index (χ1n) is 9.24. The van der Waals surface area contributed by atoms with Crippen molar-refractivity contribution in [1.82, 2.24) is 9.97 Å². The smallest absolute Gasteiger partial charge is 0.229 e. The molecule has 3 aromatic rings. The van der Waals surface area contributed by atoms with Gasteiger partial charge in [-0.25, -0.2) is 4.98 Å². The summed E-state index contributed by atoms with van der Waals surface area (Å²) in [4.78, 5) is 9.34. The molecule has 0 aliphatic heterocycles. The zero-order chi connectivity index (χ0) is 19.1. The number of anilines is 3. The van der Waals surface area contributed by atoms with Crippen molar-refractivity contribution >= 4 is 17.5 Å². The van der Waals surface area contributed by atoms with Crippen LogP contribution in [0, 0.1) is 5.92 Å². The Kier molecular flexibility index (Phi) is 6.26. The first-order chi connectivity index (χ1) is 13.2. The van der Waals surface area contributed by atoms with Gasteiger partial charge in [0.2, 0.25) is 5.95 Å². The van der Waals surface area contributed by atoms with E-state index in [9.17, 15) is 0 Å². The van der Waals surface area contributed by atoms with Gasteiger partial charge in [-0.05, 0) is 24.5 Å². The zero-order valence-electron chi connectivity index (χ0n) is 16.1. The van der Waals surface area contributed by atoms with Crippen LogP contribution in [0.15, 0.2) is 60.7 Å². The van der Waals surface area contributed by atoms with E-state index in [1.54, 1.807) is 7.11 Å². The summed E-state index contributed by atoms with van der Waals surface area (Å²) in [5.41, 5.74) is 2.75. The highest BCUT2D eigenvalue weighted by molar-refractivity contribution is 5.68. The van der Waals surface area contributed by atoms with Crippen LogP contribution in [0.2, 0.25) is 0 Å². The Bertz CT molecular complexity index is 865. The summed E-state index contributed by atoms with van der Waals surface area (Å²) in [6.07, 6.45) is 1.08. The summed E-state index contributed by atoms with van der Waals surface area (Å²) in [5, 5.41) is 6.70. The zero-order valence-corrected chi connectivity index (χ0v) is 16.1. The van der Waals surface area contributed by atoms with Crippen LogP contribution in [-0.2, 0) is 0 Å². The number of ether oxygens (including phenoxy) is 1. The van der Waals surface area contributed by atoms with Crippen molar-refractivity contribution in [2.75, 3.05) is 24.3 Å². The van der Waals surface area contributed by atoms with E-state index in [4.69, 9.17) is 9.72 Å². The fourth-order valence-corrected chi connectivity index (χ4v) is 2.71. The van der Waals surface area contributed by atoms with Gasteiger partial charge in [0, 0.05) is 18.2 Å². The molecule has 140 valence electrons. The van der Waals surface area contributed by atoms with E-state index in [1.165, 1.54) is 0 Å². The van der Waals surface area contributed by atoms with Crippen LogP contribution in [0.4, 0.5) is 17.5 Å². The van der Waals surface area contributed by atoms with E-state index in [0.717, 1.165) is 41.5 Å². The molecule has 0 saturated carbocycles. The van der Waals surface area contributed by atoms with Gasteiger partial charge >= 0.3 is 0 Å². The molecule has 3 rings (SSSR count). The van der Waals surface area contributed by atoms with E-state index >= 15 is 0 Å². The summed E-state index contributed by atoms with van der Waals surface area (Å²) in [7, 11) is 1.65. The Balaban J connectivity index is 1.91. The second kappa shape index (κ2) is 9.03. The summed E-state index contributed by atoms with van der Waals surface area (Å²) in [5.74, 6) is 2.73. The maximum atomic E-state index is 5.42. The minimum atomic E-state index is 0.535. The van der Waals surface area contributed by atoms with Crippen molar-refractivity contribution in [3.05, 3.63) is 60.7 Å². The van der Waals surface area contributed by atoms with Crippen LogP contribution in [0.1, 0.15) is 20.3 Å². The molecular weight excluding hydrogens is 336 g/mol. The number of rotatable bonds is 8. The maximum Gasteiger partial charge on any atom is 0.229 e. The molecule has 0 fully saturated rings. The van der Waals surface area contributed by atoms with Gasteiger partial charge in [-0.2, -0.15) is 4.98 Å². The normalized spacial score (nSPS) is 10.7. The molecule has 0 bridgehead atoms. The minimum Gasteiger partial charge on any atom is -0.495 e. The molecule has 0 amide bonds. The van der Waals surface area contributed by atoms with Crippen molar-refractivity contribution in [2.24, 2.45) is 5.92 Å². The number of hydrogen-bond acceptors (Lipinski definition) is 5. The van der Waals surface area contributed by atoms with E-state index in [0.29, 0.717) is 11.9 Å².